The Hall–Kier alpha value is -1.28. The third kappa shape index (κ3) is 3.49. The van der Waals surface area contributed by atoms with E-state index in [1.165, 1.54) is 24.3 Å². The Morgan fingerprint density at radius 1 is 1.24 bits per heavy atom. The van der Waals surface area contributed by atoms with Crippen molar-refractivity contribution < 1.29 is 18.3 Å². The predicted octanol–water partition coefficient (Wildman–Crippen LogP) is 3.86. The summed E-state index contributed by atoms with van der Waals surface area (Å²) in [6, 6.07) is 5.38. The first-order valence-electron chi connectivity index (χ1n) is 5.52. The van der Waals surface area contributed by atoms with Crippen LogP contribution in [-0.2, 0) is 10.0 Å². The number of halogens is 2. The minimum absolute atomic E-state index is 0.0557. The molecule has 0 bridgehead atoms. The maximum Gasteiger partial charge on any atom is 0.346 e. The van der Waals surface area contributed by atoms with Crippen LogP contribution in [0.4, 0.5) is 5.00 Å². The summed E-state index contributed by atoms with van der Waals surface area (Å²) < 4.78 is 26.7. The van der Waals surface area contributed by atoms with Crippen LogP contribution in [-0.4, -0.2) is 19.5 Å². The molecule has 1 aromatic heterocycles. The van der Waals surface area contributed by atoms with Crippen LogP contribution < -0.4 is 4.72 Å². The lowest BCUT2D eigenvalue weighted by Gasteiger charge is -2.06. The number of thiophene rings is 1. The van der Waals surface area contributed by atoms with Crippen molar-refractivity contribution in [1.29, 1.82) is 0 Å². The van der Waals surface area contributed by atoms with Crippen LogP contribution in [0.3, 0.4) is 0 Å². The van der Waals surface area contributed by atoms with Gasteiger partial charge in [-0.25, -0.2) is 13.2 Å². The van der Waals surface area contributed by atoms with Crippen LogP contribution >= 0.6 is 34.5 Å². The van der Waals surface area contributed by atoms with Crippen LogP contribution in [0.25, 0.3) is 0 Å². The van der Waals surface area contributed by atoms with Crippen molar-refractivity contribution in [3.63, 3.8) is 0 Å². The fourth-order valence-electron chi connectivity index (χ4n) is 1.58. The number of anilines is 1. The molecule has 0 aliphatic rings. The van der Waals surface area contributed by atoms with Crippen LogP contribution in [0.5, 0.6) is 0 Å². The van der Waals surface area contributed by atoms with Crippen molar-refractivity contribution in [3.8, 4) is 0 Å². The number of carboxylic acid groups (broad SMARTS) is 1. The minimum Gasteiger partial charge on any atom is -0.477 e. The second kappa shape index (κ2) is 5.84. The van der Waals surface area contributed by atoms with Crippen LogP contribution in [0.15, 0.2) is 29.2 Å². The molecule has 2 aromatic rings. The van der Waals surface area contributed by atoms with Crippen molar-refractivity contribution in [2.75, 3.05) is 4.72 Å². The van der Waals surface area contributed by atoms with Gasteiger partial charge in [-0.1, -0.05) is 23.2 Å². The largest absolute Gasteiger partial charge is 0.477 e. The second-order valence-corrected chi connectivity index (χ2v) is 7.66. The lowest BCUT2D eigenvalue weighted by atomic mass is 10.3. The third-order valence-corrected chi connectivity index (χ3v) is 5.92. The average Bonchev–Trinajstić information content (AvgIpc) is 2.72. The quantitative estimate of drug-likeness (QED) is 0.861. The normalized spacial score (nSPS) is 11.4. The molecule has 0 aliphatic carbocycles. The first-order chi connectivity index (χ1) is 9.70. The number of hydrogen-bond acceptors (Lipinski definition) is 4. The van der Waals surface area contributed by atoms with E-state index in [4.69, 9.17) is 28.3 Å². The van der Waals surface area contributed by atoms with E-state index in [1.807, 2.05) is 0 Å². The van der Waals surface area contributed by atoms with Gasteiger partial charge < -0.3 is 5.11 Å². The summed E-state index contributed by atoms with van der Waals surface area (Å²) in [6.07, 6.45) is 0. The van der Waals surface area contributed by atoms with E-state index < -0.39 is 16.0 Å². The summed E-state index contributed by atoms with van der Waals surface area (Å²) in [4.78, 5) is 11.0. The highest BCUT2D eigenvalue weighted by atomic mass is 35.5. The highest BCUT2D eigenvalue weighted by Crippen LogP contribution is 2.30. The maximum atomic E-state index is 12.2. The Balaban J connectivity index is 2.35. The topological polar surface area (TPSA) is 83.5 Å². The first kappa shape index (κ1) is 16.1. The SMILES string of the molecule is Cc1cc(NS(=O)(=O)c2ccc(Cl)c(Cl)c2)sc1C(=O)O. The zero-order valence-electron chi connectivity index (χ0n) is 10.6. The molecule has 5 nitrogen and oxygen atoms in total. The molecule has 0 spiro atoms. The molecule has 9 heteroatoms. The molecule has 2 rings (SSSR count). The predicted molar refractivity (Wildman–Crippen MR) is 83.3 cm³/mol. The van der Waals surface area contributed by atoms with Gasteiger partial charge in [0, 0.05) is 0 Å². The van der Waals surface area contributed by atoms with E-state index in [-0.39, 0.29) is 24.8 Å². The molecular formula is C12H9Cl2NO4S2. The molecule has 0 saturated heterocycles. The molecule has 0 amide bonds. The van der Waals surface area contributed by atoms with E-state index >= 15 is 0 Å². The number of sulfonamides is 1. The minimum atomic E-state index is -3.86. The van der Waals surface area contributed by atoms with Gasteiger partial charge in [0.25, 0.3) is 10.0 Å². The zero-order chi connectivity index (χ0) is 15.8. The van der Waals surface area contributed by atoms with Gasteiger partial charge in [-0.3, -0.25) is 4.72 Å². The monoisotopic (exact) mass is 365 g/mol. The number of carbonyl (C=O) groups is 1. The number of carboxylic acids is 1. The smallest absolute Gasteiger partial charge is 0.346 e. The molecule has 112 valence electrons. The van der Waals surface area contributed by atoms with Crippen molar-refractivity contribution in [2.24, 2.45) is 0 Å². The Morgan fingerprint density at radius 2 is 1.90 bits per heavy atom. The Morgan fingerprint density at radius 3 is 2.43 bits per heavy atom. The molecule has 0 unspecified atom stereocenters. The molecule has 1 aromatic carbocycles. The van der Waals surface area contributed by atoms with Crippen LogP contribution in [0.1, 0.15) is 15.2 Å². The summed E-state index contributed by atoms with van der Waals surface area (Å²) in [6.45, 7) is 1.59. The Kier molecular flexibility index (Phi) is 4.48. The van der Waals surface area contributed by atoms with Gasteiger partial charge in [0.2, 0.25) is 0 Å². The maximum absolute atomic E-state index is 12.2. The molecule has 0 fully saturated rings. The fraction of sp³-hybridized carbons (Fsp3) is 0.0833. The lowest BCUT2D eigenvalue weighted by Crippen LogP contribution is -2.11. The Bertz CT molecular complexity index is 815. The standard InChI is InChI=1S/C12H9Cl2NO4S2/c1-6-4-10(20-11(6)12(16)17)15-21(18,19)7-2-3-8(13)9(14)5-7/h2-5,15H,1H3,(H,16,17). The van der Waals surface area contributed by atoms with Crippen molar-refractivity contribution in [1.82, 2.24) is 0 Å². The Labute approximate surface area is 135 Å². The summed E-state index contributed by atoms with van der Waals surface area (Å²) in [5.41, 5.74) is 0.485. The number of rotatable bonds is 4. The van der Waals surface area contributed by atoms with E-state index in [1.54, 1.807) is 6.92 Å². The van der Waals surface area contributed by atoms with Crippen LogP contribution in [0.2, 0.25) is 10.0 Å². The lowest BCUT2D eigenvalue weighted by molar-refractivity contribution is 0.0701. The molecule has 0 aliphatic heterocycles. The summed E-state index contributed by atoms with van der Waals surface area (Å²) in [5.74, 6) is -1.10. The first-order valence-corrected chi connectivity index (χ1v) is 8.58. The van der Waals surface area contributed by atoms with Gasteiger partial charge in [-0.05, 0) is 36.8 Å². The van der Waals surface area contributed by atoms with Gasteiger partial charge in [0.1, 0.15) is 9.88 Å². The molecule has 1 heterocycles. The van der Waals surface area contributed by atoms with Crippen LogP contribution in [0, 0.1) is 6.92 Å². The van der Waals surface area contributed by atoms with E-state index in [0.717, 1.165) is 11.3 Å². The molecular weight excluding hydrogens is 357 g/mol. The van der Waals surface area contributed by atoms with Crippen molar-refractivity contribution in [2.45, 2.75) is 11.8 Å². The summed E-state index contributed by atoms with van der Waals surface area (Å²) in [5, 5.41) is 9.55. The number of hydrogen-bond donors (Lipinski definition) is 2. The van der Waals surface area contributed by atoms with Gasteiger partial charge in [0.05, 0.1) is 14.9 Å². The van der Waals surface area contributed by atoms with Gasteiger partial charge in [0.15, 0.2) is 0 Å². The third-order valence-electron chi connectivity index (χ3n) is 2.55. The van der Waals surface area contributed by atoms with Crippen molar-refractivity contribution >= 4 is 55.5 Å². The molecule has 0 saturated carbocycles. The number of aromatic carboxylic acids is 1. The summed E-state index contributed by atoms with van der Waals surface area (Å²) in [7, 11) is -3.86. The summed E-state index contributed by atoms with van der Waals surface area (Å²) >= 11 is 12.4. The fourth-order valence-corrected chi connectivity index (χ4v) is 4.16. The second-order valence-electron chi connectivity index (χ2n) is 4.11. The highest BCUT2D eigenvalue weighted by Gasteiger charge is 2.19. The number of benzene rings is 1. The molecule has 0 radical (unpaired) electrons. The van der Waals surface area contributed by atoms with Gasteiger partial charge in [-0.2, -0.15) is 0 Å². The van der Waals surface area contributed by atoms with E-state index in [2.05, 4.69) is 4.72 Å². The van der Waals surface area contributed by atoms with Gasteiger partial charge in [-0.15, -0.1) is 11.3 Å². The number of nitrogens with one attached hydrogen (secondary N) is 1. The molecule has 2 N–H and O–H groups in total. The zero-order valence-corrected chi connectivity index (χ0v) is 13.7. The van der Waals surface area contributed by atoms with Crippen molar-refractivity contribution in [3.05, 3.63) is 44.8 Å². The average molecular weight is 366 g/mol. The van der Waals surface area contributed by atoms with E-state index in [9.17, 15) is 13.2 Å². The molecule has 21 heavy (non-hydrogen) atoms. The number of aryl methyl sites for hydroxylation is 1. The van der Waals surface area contributed by atoms with E-state index in [0.29, 0.717) is 5.56 Å². The molecule has 0 atom stereocenters. The highest BCUT2D eigenvalue weighted by molar-refractivity contribution is 7.93. The van der Waals surface area contributed by atoms with Gasteiger partial charge >= 0.3 is 5.97 Å².